The summed E-state index contributed by atoms with van der Waals surface area (Å²) in [5, 5.41) is 15.0. The molecule has 3 atom stereocenters. The Morgan fingerprint density at radius 1 is 0.977 bits per heavy atom. The summed E-state index contributed by atoms with van der Waals surface area (Å²) in [5.41, 5.74) is -2.04. The van der Waals surface area contributed by atoms with E-state index in [1.807, 2.05) is 43.3 Å². The predicted molar refractivity (Wildman–Crippen MR) is 170 cm³/mol. The first-order valence-corrected chi connectivity index (χ1v) is 16.6. The number of methoxy groups -OCH3 is 1. The number of carbonyl (C=O) groups excluding carboxylic acids is 2. The van der Waals surface area contributed by atoms with Crippen molar-refractivity contribution in [2.24, 2.45) is 5.41 Å². The summed E-state index contributed by atoms with van der Waals surface area (Å²) in [6.07, 6.45) is 0.0670. The second kappa shape index (κ2) is 14.3. The van der Waals surface area contributed by atoms with Gasteiger partial charge in [0, 0.05) is 12.5 Å². The molecule has 0 fully saturated rings. The van der Waals surface area contributed by atoms with E-state index in [-0.39, 0.29) is 23.0 Å². The first kappa shape index (κ1) is 34.0. The lowest BCUT2D eigenvalue weighted by Gasteiger charge is -2.44. The molecule has 3 rings (SSSR count). The fraction of sp³-hybridized carbons (Fsp3) is 0.441. The van der Waals surface area contributed by atoms with Gasteiger partial charge in [0.1, 0.15) is 17.6 Å². The maximum absolute atomic E-state index is 13.8. The molecule has 8 nitrogen and oxygen atoms in total. The van der Waals surface area contributed by atoms with Crippen LogP contribution in [0, 0.1) is 5.41 Å². The van der Waals surface area contributed by atoms with E-state index in [1.165, 1.54) is 13.2 Å². The van der Waals surface area contributed by atoms with Crippen LogP contribution in [0.5, 0.6) is 5.75 Å². The number of aliphatic hydroxyl groups is 1. The van der Waals surface area contributed by atoms with Gasteiger partial charge in [-0.2, -0.15) is 0 Å². The van der Waals surface area contributed by atoms with Crippen molar-refractivity contribution < 1.29 is 28.3 Å². The van der Waals surface area contributed by atoms with Crippen LogP contribution in [0.15, 0.2) is 82.0 Å². The van der Waals surface area contributed by atoms with Gasteiger partial charge in [0.2, 0.25) is 5.91 Å². The Balaban J connectivity index is 1.91. The highest BCUT2D eigenvalue weighted by atomic mass is 28.4. The molecule has 0 spiro atoms. The smallest absolute Gasteiger partial charge is 0.339 e. The van der Waals surface area contributed by atoms with E-state index in [4.69, 9.17) is 13.6 Å². The Morgan fingerprint density at radius 3 is 2.00 bits per heavy atom. The van der Waals surface area contributed by atoms with Crippen LogP contribution in [0.3, 0.4) is 0 Å². The zero-order chi connectivity index (χ0) is 31.8. The molecule has 1 aromatic heterocycles. The maximum Gasteiger partial charge on any atom is 0.339 e. The Morgan fingerprint density at radius 2 is 1.53 bits per heavy atom. The van der Waals surface area contributed by atoms with Crippen molar-refractivity contribution in [1.29, 1.82) is 0 Å². The molecule has 232 valence electrons. The highest BCUT2D eigenvalue weighted by molar-refractivity contribution is 6.99. The van der Waals surface area contributed by atoms with Crippen molar-refractivity contribution in [3.8, 4) is 5.75 Å². The van der Waals surface area contributed by atoms with Gasteiger partial charge >= 0.3 is 5.63 Å². The van der Waals surface area contributed by atoms with Crippen LogP contribution in [-0.4, -0.2) is 44.9 Å². The van der Waals surface area contributed by atoms with E-state index < -0.39 is 44.0 Å². The minimum atomic E-state index is -3.02. The van der Waals surface area contributed by atoms with Gasteiger partial charge in [0.05, 0.1) is 31.2 Å². The van der Waals surface area contributed by atoms with Gasteiger partial charge in [0.25, 0.3) is 8.32 Å². The first-order chi connectivity index (χ1) is 20.3. The number of rotatable bonds is 14. The number of carbonyl (C=O) groups is 2. The number of aliphatic hydroxyl groups excluding tert-OH is 1. The molecule has 0 aliphatic carbocycles. The summed E-state index contributed by atoms with van der Waals surface area (Å²) >= 11 is 0. The number of benzene rings is 2. The van der Waals surface area contributed by atoms with Gasteiger partial charge in [-0.15, -0.1) is 0 Å². The first-order valence-electron chi connectivity index (χ1n) is 14.7. The third-order valence-corrected chi connectivity index (χ3v) is 13.0. The van der Waals surface area contributed by atoms with E-state index in [0.29, 0.717) is 18.6 Å². The molecule has 0 aliphatic heterocycles. The topological polar surface area (TPSA) is 115 Å². The number of ketones is 1. The SMILES string of the molecule is CCC[C@@H](NC(=O)[C@](C)(CO)CC(=O)C(C)O[Si](c1ccccc1)(c1ccccc1)C(C)(C)C)c1cc(OC)cc(=O)o1. The minimum Gasteiger partial charge on any atom is -0.496 e. The molecule has 43 heavy (non-hydrogen) atoms. The molecule has 0 aliphatic rings. The van der Waals surface area contributed by atoms with Crippen LogP contribution >= 0.6 is 0 Å². The highest BCUT2D eigenvalue weighted by Gasteiger charge is 2.52. The lowest BCUT2D eigenvalue weighted by atomic mass is 9.83. The fourth-order valence-electron chi connectivity index (χ4n) is 5.43. The van der Waals surface area contributed by atoms with Crippen molar-refractivity contribution in [3.63, 3.8) is 0 Å². The van der Waals surface area contributed by atoms with E-state index in [9.17, 15) is 19.5 Å². The summed E-state index contributed by atoms with van der Waals surface area (Å²) in [7, 11) is -1.58. The van der Waals surface area contributed by atoms with Gasteiger partial charge in [-0.1, -0.05) is 94.8 Å². The standard InChI is InChI=1S/C34H45NO7Si/c1-8-15-28(30-20-25(40-7)21-31(38)41-30)35-32(39)34(6,23-36)22-29(37)24(2)42-43(33(3,4)5,26-16-11-9-12-17-26)27-18-13-10-14-19-27/h9-14,16-21,24,28,36H,8,15,22-23H2,1-7H3,(H,35,39)/t24?,28-,34+/m1/s1. The van der Waals surface area contributed by atoms with Gasteiger partial charge in [-0.05, 0) is 35.7 Å². The van der Waals surface area contributed by atoms with Crippen LogP contribution in [0.25, 0.3) is 0 Å². The number of Topliss-reactive ketones (excluding diaryl/α,β-unsaturated/α-hetero) is 1. The molecule has 0 radical (unpaired) electrons. The molecule has 1 heterocycles. The van der Waals surface area contributed by atoms with Crippen LogP contribution in [0.2, 0.25) is 5.04 Å². The molecule has 0 saturated carbocycles. The van der Waals surface area contributed by atoms with Crippen molar-refractivity contribution in [3.05, 3.63) is 89.0 Å². The Hall–Kier alpha value is -3.53. The summed E-state index contributed by atoms with van der Waals surface area (Å²) in [6.45, 7) is 11.1. The second-order valence-corrected chi connectivity index (χ2v) is 16.6. The predicted octanol–water partition coefficient (Wildman–Crippen LogP) is 4.53. The van der Waals surface area contributed by atoms with Gasteiger partial charge in [0.15, 0.2) is 5.78 Å². The minimum absolute atomic E-state index is 0.240. The molecule has 0 saturated heterocycles. The lowest BCUT2D eigenvalue weighted by molar-refractivity contribution is -0.140. The Labute approximate surface area is 255 Å². The molecule has 3 aromatic rings. The number of hydrogen-bond acceptors (Lipinski definition) is 7. The largest absolute Gasteiger partial charge is 0.496 e. The number of nitrogens with one attached hydrogen (secondary N) is 1. The van der Waals surface area contributed by atoms with E-state index in [0.717, 1.165) is 10.4 Å². The molecule has 2 aromatic carbocycles. The molecular weight excluding hydrogens is 562 g/mol. The summed E-state index contributed by atoms with van der Waals surface area (Å²) in [5.74, 6) is -0.255. The second-order valence-electron chi connectivity index (χ2n) is 12.3. The molecule has 1 amide bonds. The van der Waals surface area contributed by atoms with Crippen LogP contribution < -0.4 is 26.1 Å². The highest BCUT2D eigenvalue weighted by Crippen LogP contribution is 2.38. The van der Waals surface area contributed by atoms with Crippen molar-refractivity contribution in [1.82, 2.24) is 5.32 Å². The van der Waals surface area contributed by atoms with E-state index in [2.05, 4.69) is 50.4 Å². The molecule has 9 heteroatoms. The van der Waals surface area contributed by atoms with Gasteiger partial charge in [-0.25, -0.2) is 4.79 Å². The van der Waals surface area contributed by atoms with Crippen molar-refractivity contribution in [2.45, 2.75) is 78.0 Å². The molecule has 2 N–H and O–H groups in total. The van der Waals surface area contributed by atoms with Crippen molar-refractivity contribution >= 4 is 30.4 Å². The van der Waals surface area contributed by atoms with Crippen molar-refractivity contribution in [2.75, 3.05) is 13.7 Å². The van der Waals surface area contributed by atoms with E-state index in [1.54, 1.807) is 19.9 Å². The number of hydrogen-bond donors (Lipinski definition) is 2. The summed E-state index contributed by atoms with van der Waals surface area (Å²) in [6, 6.07) is 22.2. The van der Waals surface area contributed by atoms with Gasteiger partial charge < -0.3 is 24.0 Å². The normalized spacial score (nSPS) is 14.8. The molecule has 0 bridgehead atoms. The Kier molecular flexibility index (Phi) is 11.3. The lowest BCUT2D eigenvalue weighted by Crippen LogP contribution is -2.68. The summed E-state index contributed by atoms with van der Waals surface area (Å²) < 4.78 is 17.5. The average molecular weight is 608 g/mol. The van der Waals surface area contributed by atoms with Gasteiger partial charge in [-0.3, -0.25) is 9.59 Å². The molecular formula is C34H45NO7Si. The maximum atomic E-state index is 13.8. The zero-order valence-electron chi connectivity index (χ0n) is 26.3. The quantitative estimate of drug-likeness (QED) is 0.259. The number of ether oxygens (including phenoxy) is 1. The van der Waals surface area contributed by atoms with Crippen LogP contribution in [0.1, 0.15) is 72.6 Å². The Bertz CT molecular complexity index is 1380. The number of amides is 1. The van der Waals surface area contributed by atoms with Crippen LogP contribution in [0.4, 0.5) is 0 Å². The van der Waals surface area contributed by atoms with Crippen LogP contribution in [-0.2, 0) is 14.0 Å². The zero-order valence-corrected chi connectivity index (χ0v) is 27.3. The third kappa shape index (κ3) is 7.71. The van der Waals surface area contributed by atoms with E-state index >= 15 is 0 Å². The fourth-order valence-corrected chi connectivity index (χ4v) is 10.1. The monoisotopic (exact) mass is 607 g/mol. The summed E-state index contributed by atoms with van der Waals surface area (Å²) in [4.78, 5) is 39.5. The third-order valence-electron chi connectivity index (χ3n) is 7.91. The molecule has 1 unspecified atom stereocenters. The average Bonchev–Trinajstić information content (AvgIpc) is 2.99.